The highest BCUT2D eigenvalue weighted by atomic mass is 14.7. The third-order valence-corrected chi connectivity index (χ3v) is 3.42. The van der Waals surface area contributed by atoms with Crippen LogP contribution >= 0.6 is 0 Å². The molecular formula is C18H14N2. The zero-order valence-corrected chi connectivity index (χ0v) is 11.2. The van der Waals surface area contributed by atoms with Crippen molar-refractivity contribution in [2.75, 3.05) is 0 Å². The molecule has 1 aromatic heterocycles. The first-order valence-electron chi connectivity index (χ1n) is 6.53. The van der Waals surface area contributed by atoms with Gasteiger partial charge in [-0.3, -0.25) is 0 Å². The Morgan fingerprint density at radius 3 is 2.25 bits per heavy atom. The second-order valence-electron chi connectivity index (χ2n) is 4.80. The van der Waals surface area contributed by atoms with Gasteiger partial charge >= 0.3 is 0 Å². The quantitative estimate of drug-likeness (QED) is 0.720. The second kappa shape index (κ2) is 5.07. The summed E-state index contributed by atoms with van der Waals surface area (Å²) < 4.78 is 0. The number of hydrogen-bond donors (Lipinski definition) is 1. The smallest absolute Gasteiger partial charge is 0.126 e. The van der Waals surface area contributed by atoms with Crippen molar-refractivity contribution < 1.29 is 0 Å². The molecule has 20 heavy (non-hydrogen) atoms. The highest BCUT2D eigenvalue weighted by Crippen LogP contribution is 2.34. The van der Waals surface area contributed by atoms with Gasteiger partial charge in [0.1, 0.15) is 11.8 Å². The van der Waals surface area contributed by atoms with Gasteiger partial charge in [0.25, 0.3) is 0 Å². The Balaban J connectivity index is 2.21. The number of aryl methyl sites for hydroxylation is 1. The molecule has 2 aromatic carbocycles. The maximum atomic E-state index is 9.31. The number of nitriles is 1. The van der Waals surface area contributed by atoms with Crippen LogP contribution in [0.2, 0.25) is 0 Å². The lowest BCUT2D eigenvalue weighted by molar-refractivity contribution is 1.33. The van der Waals surface area contributed by atoms with Crippen molar-refractivity contribution in [3.8, 4) is 28.3 Å². The van der Waals surface area contributed by atoms with Gasteiger partial charge < -0.3 is 4.98 Å². The molecule has 3 rings (SSSR count). The fourth-order valence-corrected chi connectivity index (χ4v) is 2.38. The molecular weight excluding hydrogens is 244 g/mol. The van der Waals surface area contributed by atoms with Gasteiger partial charge in [0.15, 0.2) is 0 Å². The average molecular weight is 258 g/mol. The molecule has 0 bridgehead atoms. The molecule has 3 aromatic rings. The molecule has 0 aliphatic carbocycles. The topological polar surface area (TPSA) is 39.6 Å². The third kappa shape index (κ3) is 2.10. The Morgan fingerprint density at radius 2 is 1.60 bits per heavy atom. The maximum Gasteiger partial charge on any atom is 0.126 e. The largest absolute Gasteiger partial charge is 0.352 e. The number of aromatic nitrogens is 1. The fraction of sp³-hybridized carbons (Fsp3) is 0.0556. The lowest BCUT2D eigenvalue weighted by Crippen LogP contribution is -1.84. The highest BCUT2D eigenvalue weighted by Gasteiger charge is 2.14. The molecule has 0 spiro atoms. The van der Waals surface area contributed by atoms with Crippen LogP contribution in [0.4, 0.5) is 0 Å². The zero-order valence-electron chi connectivity index (χ0n) is 11.2. The molecule has 0 atom stereocenters. The first-order valence-corrected chi connectivity index (χ1v) is 6.53. The van der Waals surface area contributed by atoms with E-state index in [1.807, 2.05) is 24.4 Å². The molecule has 96 valence electrons. The molecule has 0 unspecified atom stereocenters. The summed E-state index contributed by atoms with van der Waals surface area (Å²) in [5.41, 5.74) is 6.02. The van der Waals surface area contributed by atoms with Crippen molar-refractivity contribution in [3.63, 3.8) is 0 Å². The minimum Gasteiger partial charge on any atom is -0.352 e. The van der Waals surface area contributed by atoms with Crippen LogP contribution in [0.3, 0.4) is 0 Å². The Bertz CT molecular complexity index is 759. The normalized spacial score (nSPS) is 10.2. The van der Waals surface area contributed by atoms with Crippen LogP contribution < -0.4 is 0 Å². The number of nitrogens with one attached hydrogen (secondary N) is 1. The Labute approximate surface area is 118 Å². The van der Waals surface area contributed by atoms with E-state index in [-0.39, 0.29) is 0 Å². The second-order valence-corrected chi connectivity index (χ2v) is 4.80. The van der Waals surface area contributed by atoms with Crippen molar-refractivity contribution in [3.05, 3.63) is 72.1 Å². The van der Waals surface area contributed by atoms with Crippen LogP contribution in [0.25, 0.3) is 22.3 Å². The predicted molar refractivity (Wildman–Crippen MR) is 81.1 cm³/mol. The summed E-state index contributed by atoms with van der Waals surface area (Å²) >= 11 is 0. The van der Waals surface area contributed by atoms with E-state index < -0.39 is 0 Å². The van der Waals surface area contributed by atoms with E-state index in [4.69, 9.17) is 0 Å². The first-order chi connectivity index (χ1) is 9.79. The van der Waals surface area contributed by atoms with Crippen molar-refractivity contribution in [2.24, 2.45) is 0 Å². The molecule has 0 aliphatic rings. The molecule has 1 N–H and O–H groups in total. The van der Waals surface area contributed by atoms with Gasteiger partial charge in [-0.05, 0) is 18.1 Å². The fourth-order valence-electron chi connectivity index (χ4n) is 2.38. The van der Waals surface area contributed by atoms with Gasteiger partial charge in [0, 0.05) is 17.3 Å². The summed E-state index contributed by atoms with van der Waals surface area (Å²) in [7, 11) is 0. The number of hydrogen-bond acceptors (Lipinski definition) is 1. The molecule has 2 nitrogen and oxygen atoms in total. The van der Waals surface area contributed by atoms with E-state index in [0.29, 0.717) is 5.69 Å². The van der Waals surface area contributed by atoms with Crippen molar-refractivity contribution in [1.82, 2.24) is 4.98 Å². The molecule has 0 saturated carbocycles. The molecule has 0 radical (unpaired) electrons. The minimum atomic E-state index is 0.604. The van der Waals surface area contributed by atoms with Crippen LogP contribution in [0.1, 0.15) is 11.3 Å². The van der Waals surface area contributed by atoms with E-state index in [9.17, 15) is 5.26 Å². The van der Waals surface area contributed by atoms with E-state index in [2.05, 4.69) is 54.4 Å². The van der Waals surface area contributed by atoms with E-state index in [0.717, 1.165) is 22.3 Å². The van der Waals surface area contributed by atoms with Gasteiger partial charge in [-0.1, -0.05) is 60.2 Å². The number of benzene rings is 2. The van der Waals surface area contributed by atoms with Crippen molar-refractivity contribution in [2.45, 2.75) is 6.92 Å². The van der Waals surface area contributed by atoms with Gasteiger partial charge in [-0.2, -0.15) is 5.26 Å². The first kappa shape index (κ1) is 12.3. The molecule has 2 heteroatoms. The Kier molecular flexibility index (Phi) is 3.10. The van der Waals surface area contributed by atoms with Gasteiger partial charge in [-0.25, -0.2) is 0 Å². The number of nitrogens with zero attached hydrogens (tertiary/aromatic N) is 1. The number of aromatic amines is 1. The lowest BCUT2D eigenvalue weighted by atomic mass is 9.96. The van der Waals surface area contributed by atoms with Crippen LogP contribution in [0.15, 0.2) is 60.8 Å². The molecule has 0 saturated heterocycles. The predicted octanol–water partition coefficient (Wildman–Crippen LogP) is 4.53. The SMILES string of the molecule is Cc1ccc(-c2c(-c3ccccc3)c[nH]c2C#N)cc1. The lowest BCUT2D eigenvalue weighted by Gasteiger charge is -2.06. The zero-order chi connectivity index (χ0) is 13.9. The number of H-pyrrole nitrogens is 1. The maximum absolute atomic E-state index is 9.31. The summed E-state index contributed by atoms with van der Waals surface area (Å²) in [4.78, 5) is 3.07. The summed E-state index contributed by atoms with van der Waals surface area (Å²) in [6, 6.07) is 20.6. The summed E-state index contributed by atoms with van der Waals surface area (Å²) in [6.45, 7) is 2.06. The van der Waals surface area contributed by atoms with E-state index in [1.165, 1.54) is 5.56 Å². The molecule has 0 aliphatic heterocycles. The van der Waals surface area contributed by atoms with Crippen LogP contribution in [0, 0.1) is 18.3 Å². The summed E-state index contributed by atoms with van der Waals surface area (Å²) in [5.74, 6) is 0. The molecule has 0 fully saturated rings. The van der Waals surface area contributed by atoms with Crippen LogP contribution in [0.5, 0.6) is 0 Å². The Morgan fingerprint density at radius 1 is 0.900 bits per heavy atom. The van der Waals surface area contributed by atoms with Crippen LogP contribution in [-0.4, -0.2) is 4.98 Å². The van der Waals surface area contributed by atoms with Crippen molar-refractivity contribution in [1.29, 1.82) is 5.26 Å². The van der Waals surface area contributed by atoms with Crippen molar-refractivity contribution >= 4 is 0 Å². The summed E-state index contributed by atoms with van der Waals surface area (Å²) in [6.07, 6.45) is 1.91. The van der Waals surface area contributed by atoms with Gasteiger partial charge in [-0.15, -0.1) is 0 Å². The summed E-state index contributed by atoms with van der Waals surface area (Å²) in [5, 5.41) is 9.31. The monoisotopic (exact) mass is 258 g/mol. The van der Waals surface area contributed by atoms with Gasteiger partial charge in [0.2, 0.25) is 0 Å². The van der Waals surface area contributed by atoms with E-state index >= 15 is 0 Å². The Hall–Kier alpha value is -2.79. The molecule has 0 amide bonds. The van der Waals surface area contributed by atoms with E-state index in [1.54, 1.807) is 0 Å². The average Bonchev–Trinajstić information content (AvgIpc) is 2.93. The standard InChI is InChI=1S/C18H14N2/c1-13-7-9-15(10-8-13)18-16(12-20-17(18)11-19)14-5-3-2-4-6-14/h2-10,12,20H,1H3. The molecule has 1 heterocycles. The number of rotatable bonds is 2. The minimum absolute atomic E-state index is 0.604. The highest BCUT2D eigenvalue weighted by molar-refractivity contribution is 5.86. The third-order valence-electron chi connectivity index (χ3n) is 3.42. The van der Waals surface area contributed by atoms with Gasteiger partial charge in [0.05, 0.1) is 0 Å². The van der Waals surface area contributed by atoms with Crippen LogP contribution in [-0.2, 0) is 0 Å².